The van der Waals surface area contributed by atoms with Gasteiger partial charge in [-0.3, -0.25) is 4.90 Å². The fourth-order valence-electron chi connectivity index (χ4n) is 1.99. The van der Waals surface area contributed by atoms with Crippen LogP contribution < -0.4 is 5.73 Å². The largest absolute Gasteiger partial charge is 0.325 e. The molecule has 0 saturated heterocycles. The van der Waals surface area contributed by atoms with E-state index in [0.29, 0.717) is 6.04 Å². The molecule has 3 heteroatoms. The van der Waals surface area contributed by atoms with E-state index in [9.17, 15) is 0 Å². The second-order valence-electron chi connectivity index (χ2n) is 6.75. The van der Waals surface area contributed by atoms with Crippen molar-refractivity contribution in [2.75, 3.05) is 13.6 Å². The van der Waals surface area contributed by atoms with Gasteiger partial charge in [0.05, 0.1) is 0 Å². The molecule has 0 aromatic heterocycles. The number of nitrogens with zero attached hydrogens (tertiary/aromatic N) is 1. The van der Waals surface area contributed by atoms with Crippen molar-refractivity contribution in [1.82, 2.24) is 4.90 Å². The molecule has 1 aromatic rings. The van der Waals surface area contributed by atoms with Crippen molar-refractivity contribution in [3.05, 3.63) is 34.9 Å². The van der Waals surface area contributed by atoms with Crippen LogP contribution in [0.25, 0.3) is 0 Å². The molecule has 1 unspecified atom stereocenters. The molecule has 0 aliphatic carbocycles. The lowest BCUT2D eigenvalue weighted by Crippen LogP contribution is -2.52. The molecule has 0 saturated carbocycles. The summed E-state index contributed by atoms with van der Waals surface area (Å²) in [6, 6.07) is 8.38. The van der Waals surface area contributed by atoms with Gasteiger partial charge in [-0.2, -0.15) is 0 Å². The van der Waals surface area contributed by atoms with Gasteiger partial charge in [-0.15, -0.1) is 0 Å². The molecule has 0 aliphatic rings. The minimum absolute atomic E-state index is 0.0363. The third-order valence-electron chi connectivity index (χ3n) is 4.38. The molecular weight excluding hydrogens is 256 g/mol. The maximum absolute atomic E-state index is 6.28. The number of benzene rings is 1. The second-order valence-corrected chi connectivity index (χ2v) is 7.19. The fraction of sp³-hybridized carbons (Fsp3) is 0.625. The highest BCUT2D eigenvalue weighted by atomic mass is 35.5. The molecule has 0 spiro atoms. The van der Waals surface area contributed by atoms with Crippen molar-refractivity contribution in [2.45, 2.75) is 46.2 Å². The molecule has 0 amide bonds. The summed E-state index contributed by atoms with van der Waals surface area (Å²) in [5.41, 5.74) is 7.34. The Bertz CT molecular complexity index is 421. The summed E-state index contributed by atoms with van der Waals surface area (Å²) in [5.74, 6) is 0. The maximum atomic E-state index is 6.28. The molecule has 0 radical (unpaired) electrons. The first kappa shape index (κ1) is 16.5. The first-order valence-corrected chi connectivity index (χ1v) is 7.17. The molecule has 108 valence electrons. The van der Waals surface area contributed by atoms with E-state index in [1.165, 1.54) is 5.56 Å². The highest BCUT2D eigenvalue weighted by Gasteiger charge is 2.35. The molecule has 19 heavy (non-hydrogen) atoms. The lowest BCUT2D eigenvalue weighted by molar-refractivity contribution is 0.108. The van der Waals surface area contributed by atoms with Crippen molar-refractivity contribution in [3.8, 4) is 0 Å². The summed E-state index contributed by atoms with van der Waals surface area (Å²) in [6.45, 7) is 11.7. The van der Waals surface area contributed by atoms with Crippen LogP contribution in [0.5, 0.6) is 0 Å². The standard InChI is InChI=1S/C16H27ClN2/c1-12(13-8-7-9-14(17)10-13)19(6)11-15(2,3)16(4,5)18/h7-10,12H,11,18H2,1-6H3. The predicted octanol–water partition coefficient (Wildman–Crippen LogP) is 4.10. The summed E-state index contributed by atoms with van der Waals surface area (Å²) in [6.07, 6.45) is 0. The van der Waals surface area contributed by atoms with E-state index in [-0.39, 0.29) is 11.0 Å². The minimum Gasteiger partial charge on any atom is -0.325 e. The molecule has 2 N–H and O–H groups in total. The Morgan fingerprint density at radius 2 is 1.84 bits per heavy atom. The van der Waals surface area contributed by atoms with E-state index >= 15 is 0 Å². The van der Waals surface area contributed by atoms with Gasteiger partial charge in [0, 0.05) is 23.1 Å². The van der Waals surface area contributed by atoms with Gasteiger partial charge in [-0.05, 0) is 50.9 Å². The Balaban J connectivity index is 2.81. The van der Waals surface area contributed by atoms with Gasteiger partial charge < -0.3 is 5.73 Å². The first-order chi connectivity index (χ1) is 8.54. The molecule has 1 rings (SSSR count). The third-order valence-corrected chi connectivity index (χ3v) is 4.62. The zero-order valence-corrected chi connectivity index (χ0v) is 13.8. The van der Waals surface area contributed by atoms with Crippen molar-refractivity contribution >= 4 is 11.6 Å². The van der Waals surface area contributed by atoms with Gasteiger partial charge in [0.1, 0.15) is 0 Å². The molecular formula is C16H27ClN2. The van der Waals surface area contributed by atoms with Crippen LogP contribution in [-0.2, 0) is 0 Å². The number of nitrogens with two attached hydrogens (primary N) is 1. The smallest absolute Gasteiger partial charge is 0.0409 e. The van der Waals surface area contributed by atoms with E-state index in [0.717, 1.165) is 11.6 Å². The summed E-state index contributed by atoms with van der Waals surface area (Å²) in [7, 11) is 2.14. The monoisotopic (exact) mass is 282 g/mol. The Labute approximate surface area is 122 Å². The topological polar surface area (TPSA) is 29.3 Å². The van der Waals surface area contributed by atoms with E-state index in [2.05, 4.69) is 52.6 Å². The van der Waals surface area contributed by atoms with Crippen molar-refractivity contribution in [1.29, 1.82) is 0 Å². The Morgan fingerprint density at radius 3 is 2.32 bits per heavy atom. The second kappa shape index (κ2) is 5.82. The lowest BCUT2D eigenvalue weighted by Gasteiger charge is -2.42. The number of rotatable bonds is 5. The average molecular weight is 283 g/mol. The summed E-state index contributed by atoms with van der Waals surface area (Å²) in [5, 5.41) is 0.788. The van der Waals surface area contributed by atoms with Gasteiger partial charge in [-0.25, -0.2) is 0 Å². The van der Waals surface area contributed by atoms with E-state index < -0.39 is 0 Å². The van der Waals surface area contributed by atoms with E-state index in [4.69, 9.17) is 17.3 Å². The summed E-state index contributed by atoms with van der Waals surface area (Å²) in [4.78, 5) is 2.33. The molecule has 0 bridgehead atoms. The highest BCUT2D eigenvalue weighted by molar-refractivity contribution is 6.30. The quantitative estimate of drug-likeness (QED) is 0.881. The van der Waals surface area contributed by atoms with Crippen molar-refractivity contribution in [3.63, 3.8) is 0 Å². The summed E-state index contributed by atoms with van der Waals surface area (Å²) < 4.78 is 0. The van der Waals surface area contributed by atoms with Crippen molar-refractivity contribution < 1.29 is 0 Å². The van der Waals surface area contributed by atoms with Crippen LogP contribution in [0.3, 0.4) is 0 Å². The first-order valence-electron chi connectivity index (χ1n) is 6.79. The molecule has 2 nitrogen and oxygen atoms in total. The Hall–Kier alpha value is -0.570. The van der Waals surface area contributed by atoms with Crippen LogP contribution >= 0.6 is 11.6 Å². The van der Waals surface area contributed by atoms with E-state index in [1.807, 2.05) is 18.2 Å². The zero-order chi connectivity index (χ0) is 14.8. The highest BCUT2D eigenvalue weighted by Crippen LogP contribution is 2.32. The predicted molar refractivity (Wildman–Crippen MR) is 84.5 cm³/mol. The van der Waals surface area contributed by atoms with Gasteiger partial charge >= 0.3 is 0 Å². The SMILES string of the molecule is CC(c1cccc(Cl)c1)N(C)CC(C)(C)C(C)(C)N. The third kappa shape index (κ3) is 4.20. The van der Waals surface area contributed by atoms with Crippen LogP contribution in [0.15, 0.2) is 24.3 Å². The average Bonchev–Trinajstić information content (AvgIpc) is 2.25. The van der Waals surface area contributed by atoms with Crippen LogP contribution in [0.4, 0.5) is 0 Å². The molecule has 1 aromatic carbocycles. The van der Waals surface area contributed by atoms with Gasteiger partial charge in [0.2, 0.25) is 0 Å². The van der Waals surface area contributed by atoms with Crippen LogP contribution in [0.1, 0.15) is 46.2 Å². The minimum atomic E-state index is -0.213. The number of halogens is 1. The molecule has 0 heterocycles. The zero-order valence-electron chi connectivity index (χ0n) is 13.0. The van der Waals surface area contributed by atoms with Gasteiger partial charge in [-0.1, -0.05) is 37.6 Å². The van der Waals surface area contributed by atoms with Crippen LogP contribution in [0.2, 0.25) is 5.02 Å². The number of hydrogen-bond donors (Lipinski definition) is 1. The van der Waals surface area contributed by atoms with Crippen LogP contribution in [0, 0.1) is 5.41 Å². The molecule has 0 fully saturated rings. The van der Waals surface area contributed by atoms with Crippen LogP contribution in [-0.4, -0.2) is 24.0 Å². The van der Waals surface area contributed by atoms with Gasteiger partial charge in [0.15, 0.2) is 0 Å². The Kier molecular flexibility index (Phi) is 5.05. The Morgan fingerprint density at radius 1 is 1.26 bits per heavy atom. The van der Waals surface area contributed by atoms with Crippen molar-refractivity contribution in [2.24, 2.45) is 11.1 Å². The maximum Gasteiger partial charge on any atom is 0.0409 e. The molecule has 1 atom stereocenters. The fourth-order valence-corrected chi connectivity index (χ4v) is 2.18. The normalized spacial score (nSPS) is 14.8. The molecule has 0 aliphatic heterocycles. The van der Waals surface area contributed by atoms with E-state index in [1.54, 1.807) is 0 Å². The van der Waals surface area contributed by atoms with Gasteiger partial charge in [0.25, 0.3) is 0 Å². The lowest BCUT2D eigenvalue weighted by atomic mass is 9.74. The summed E-state index contributed by atoms with van der Waals surface area (Å²) >= 11 is 6.06. The number of hydrogen-bond acceptors (Lipinski definition) is 2.